The predicted octanol–water partition coefficient (Wildman–Crippen LogP) is 2.00. The largest absolute Gasteiger partial charge is 0.417 e. The van der Waals surface area contributed by atoms with Crippen molar-refractivity contribution in [1.29, 1.82) is 0 Å². The molecular weight excluding hydrogens is 505 g/mol. The maximum atomic E-state index is 13.6. The van der Waals surface area contributed by atoms with Crippen LogP contribution in [-0.2, 0) is 20.6 Å². The minimum Gasteiger partial charge on any atom is -0.389 e. The van der Waals surface area contributed by atoms with Crippen LogP contribution in [0.2, 0.25) is 0 Å². The molecule has 12 heteroatoms. The highest BCUT2D eigenvalue weighted by Gasteiger charge is 2.50. The number of nitrogens with zero attached hydrogens (tertiary/aromatic N) is 1. The van der Waals surface area contributed by atoms with Gasteiger partial charge in [0.05, 0.1) is 11.6 Å². The number of carbonyl (C=O) groups is 4. The van der Waals surface area contributed by atoms with Crippen LogP contribution in [0.15, 0.2) is 24.3 Å². The third-order valence-corrected chi connectivity index (χ3v) is 8.16. The zero-order chi connectivity index (χ0) is 27.2. The fourth-order valence-electron chi connectivity index (χ4n) is 6.32. The van der Waals surface area contributed by atoms with E-state index in [0.717, 1.165) is 18.9 Å². The maximum absolute atomic E-state index is 13.6. The molecule has 3 amide bonds. The summed E-state index contributed by atoms with van der Waals surface area (Å²) in [4.78, 5) is 55.8. The van der Waals surface area contributed by atoms with E-state index in [1.165, 1.54) is 23.1 Å². The average molecular weight is 535 g/mol. The van der Waals surface area contributed by atoms with Crippen LogP contribution in [0.5, 0.6) is 0 Å². The van der Waals surface area contributed by atoms with Gasteiger partial charge in [-0.05, 0) is 55.7 Å². The summed E-state index contributed by atoms with van der Waals surface area (Å²) >= 11 is 0. The second-order valence-electron chi connectivity index (χ2n) is 10.4. The number of alkyl halides is 3. The van der Waals surface area contributed by atoms with Crippen molar-refractivity contribution in [2.24, 2.45) is 17.8 Å². The van der Waals surface area contributed by atoms with Gasteiger partial charge in [0.15, 0.2) is 5.78 Å². The summed E-state index contributed by atoms with van der Waals surface area (Å²) in [5.41, 5.74) is -0.758. The van der Waals surface area contributed by atoms with Crippen LogP contribution < -0.4 is 10.6 Å². The number of aromatic amines is 1. The lowest BCUT2D eigenvalue weighted by atomic mass is 9.92. The molecule has 2 aliphatic heterocycles. The van der Waals surface area contributed by atoms with Crippen molar-refractivity contribution in [3.8, 4) is 0 Å². The Bertz CT molecular complexity index is 1280. The van der Waals surface area contributed by atoms with Gasteiger partial charge in [0.2, 0.25) is 11.8 Å². The molecule has 3 fully saturated rings. The second kappa shape index (κ2) is 10.0. The SMILES string of the molecule is O=C(CO)C(C[C@@H]1CCNC1=O)NC(=O)[C@@H]1[C@H]2CCC[C@H]2CN1C(=O)c1cc2c(C(F)(F)F)cccc2[nH]1. The highest BCUT2D eigenvalue weighted by molar-refractivity contribution is 6.02. The molecule has 0 radical (unpaired) electrons. The number of aliphatic hydroxyl groups is 1. The van der Waals surface area contributed by atoms with E-state index >= 15 is 0 Å². The Morgan fingerprint density at radius 1 is 1.18 bits per heavy atom. The first-order chi connectivity index (χ1) is 18.1. The van der Waals surface area contributed by atoms with Crippen molar-refractivity contribution in [3.05, 3.63) is 35.5 Å². The van der Waals surface area contributed by atoms with E-state index < -0.39 is 53.9 Å². The lowest BCUT2D eigenvalue weighted by Crippen LogP contribution is -2.53. The van der Waals surface area contributed by atoms with Gasteiger partial charge >= 0.3 is 6.18 Å². The van der Waals surface area contributed by atoms with Gasteiger partial charge in [0, 0.05) is 29.9 Å². The van der Waals surface area contributed by atoms with Crippen LogP contribution >= 0.6 is 0 Å². The van der Waals surface area contributed by atoms with Crippen molar-refractivity contribution >= 4 is 34.4 Å². The average Bonchev–Trinajstić information content (AvgIpc) is 3.65. The van der Waals surface area contributed by atoms with Gasteiger partial charge in [-0.25, -0.2) is 0 Å². The van der Waals surface area contributed by atoms with Gasteiger partial charge in [0.1, 0.15) is 18.3 Å². The van der Waals surface area contributed by atoms with Crippen LogP contribution in [-0.4, -0.2) is 70.3 Å². The van der Waals surface area contributed by atoms with Crippen LogP contribution in [0, 0.1) is 17.8 Å². The van der Waals surface area contributed by atoms with Crippen LogP contribution in [0.1, 0.15) is 48.2 Å². The van der Waals surface area contributed by atoms with Gasteiger partial charge in [-0.15, -0.1) is 0 Å². The van der Waals surface area contributed by atoms with Gasteiger partial charge < -0.3 is 25.6 Å². The molecule has 9 nitrogen and oxygen atoms in total. The number of amides is 3. The molecule has 2 saturated heterocycles. The number of hydrogen-bond donors (Lipinski definition) is 4. The molecule has 5 rings (SSSR count). The van der Waals surface area contributed by atoms with E-state index in [2.05, 4.69) is 15.6 Å². The Morgan fingerprint density at radius 2 is 1.97 bits per heavy atom. The smallest absolute Gasteiger partial charge is 0.389 e. The number of nitrogens with one attached hydrogen (secondary N) is 3. The molecule has 1 aromatic heterocycles. The van der Waals surface area contributed by atoms with E-state index in [9.17, 15) is 37.5 Å². The third-order valence-electron chi connectivity index (χ3n) is 8.16. The first kappa shape index (κ1) is 26.2. The monoisotopic (exact) mass is 534 g/mol. The molecule has 2 aromatic rings. The number of rotatable bonds is 7. The van der Waals surface area contributed by atoms with Crippen molar-refractivity contribution < 1.29 is 37.5 Å². The molecule has 4 N–H and O–H groups in total. The third kappa shape index (κ3) is 4.77. The van der Waals surface area contributed by atoms with Crippen LogP contribution in [0.3, 0.4) is 0 Å². The maximum Gasteiger partial charge on any atom is 0.417 e. The predicted molar refractivity (Wildman–Crippen MR) is 129 cm³/mol. The highest BCUT2D eigenvalue weighted by Crippen LogP contribution is 2.43. The molecule has 38 heavy (non-hydrogen) atoms. The number of carbonyl (C=O) groups excluding carboxylic acids is 4. The van der Waals surface area contributed by atoms with Gasteiger partial charge in [-0.3, -0.25) is 19.2 Å². The standard InChI is InChI=1S/C26H29F3N4O5/c27-26(28,29)17-5-2-6-18-16(17)10-20(31-18)25(38)33-11-14-3-1-4-15(14)22(33)24(37)32-19(21(35)12-34)9-13-7-8-30-23(13)36/h2,5-6,10,13-15,19,22,31,34H,1,3-4,7-9,11-12H2,(H,30,36)(H,32,37)/t13-,14-,15-,19?,22-/m0/s1. The van der Waals surface area contributed by atoms with Gasteiger partial charge in [-0.1, -0.05) is 12.5 Å². The van der Waals surface area contributed by atoms with Crippen LogP contribution in [0.4, 0.5) is 13.2 Å². The zero-order valence-electron chi connectivity index (χ0n) is 20.5. The Hall–Kier alpha value is -3.41. The summed E-state index contributed by atoms with van der Waals surface area (Å²) in [6.45, 7) is -0.0747. The van der Waals surface area contributed by atoms with Crippen molar-refractivity contribution in [3.63, 3.8) is 0 Å². The van der Waals surface area contributed by atoms with E-state index in [1.807, 2.05) is 0 Å². The molecule has 3 aliphatic rings. The number of H-pyrrole nitrogens is 1. The molecule has 204 valence electrons. The number of halogens is 3. The molecule has 0 spiro atoms. The minimum atomic E-state index is -4.60. The number of Topliss-reactive ketones (excluding diaryl/α,β-unsaturated/α-hetero) is 1. The fourth-order valence-corrected chi connectivity index (χ4v) is 6.32. The summed E-state index contributed by atoms with van der Waals surface area (Å²) in [6.07, 6.45) is -1.67. The van der Waals surface area contributed by atoms with Crippen molar-refractivity contribution in [2.45, 2.75) is 50.4 Å². The quantitative estimate of drug-likeness (QED) is 0.432. The summed E-state index contributed by atoms with van der Waals surface area (Å²) in [6, 6.07) is 2.81. The Balaban J connectivity index is 1.41. The summed E-state index contributed by atoms with van der Waals surface area (Å²) in [5.74, 6) is -2.60. The lowest BCUT2D eigenvalue weighted by molar-refractivity contribution is -0.136. The first-order valence-corrected chi connectivity index (χ1v) is 12.8. The first-order valence-electron chi connectivity index (χ1n) is 12.8. The number of aliphatic hydroxyl groups excluding tert-OH is 1. The van der Waals surface area contributed by atoms with Gasteiger partial charge in [-0.2, -0.15) is 13.2 Å². The summed E-state index contributed by atoms with van der Waals surface area (Å²) in [7, 11) is 0. The molecule has 1 saturated carbocycles. The van der Waals surface area contributed by atoms with E-state index in [0.29, 0.717) is 19.4 Å². The Kier molecular flexibility index (Phi) is 6.93. The minimum absolute atomic E-state index is 0.0357. The number of benzene rings is 1. The van der Waals surface area contributed by atoms with Crippen molar-refractivity contribution in [1.82, 2.24) is 20.5 Å². The number of hydrogen-bond acceptors (Lipinski definition) is 5. The van der Waals surface area contributed by atoms with Crippen LogP contribution in [0.25, 0.3) is 10.9 Å². The number of ketones is 1. The number of likely N-dealkylation sites (tertiary alicyclic amines) is 1. The Morgan fingerprint density at radius 3 is 2.66 bits per heavy atom. The van der Waals surface area contributed by atoms with Gasteiger partial charge in [0.25, 0.3) is 5.91 Å². The molecule has 1 aliphatic carbocycles. The second-order valence-corrected chi connectivity index (χ2v) is 10.4. The normalized spacial score (nSPS) is 25.9. The Labute approximate surface area is 216 Å². The topological polar surface area (TPSA) is 132 Å². The molecule has 3 heterocycles. The number of aromatic nitrogens is 1. The lowest BCUT2D eigenvalue weighted by Gasteiger charge is -2.29. The number of fused-ring (bicyclic) bond motifs is 2. The van der Waals surface area contributed by atoms with Crippen molar-refractivity contribution in [2.75, 3.05) is 19.7 Å². The summed E-state index contributed by atoms with van der Waals surface area (Å²) < 4.78 is 40.5. The molecule has 0 bridgehead atoms. The molecule has 1 unspecified atom stereocenters. The summed E-state index contributed by atoms with van der Waals surface area (Å²) in [5, 5.41) is 14.7. The van der Waals surface area contributed by atoms with E-state index in [1.54, 1.807) is 0 Å². The highest BCUT2D eigenvalue weighted by atomic mass is 19.4. The fraction of sp³-hybridized carbons (Fsp3) is 0.538. The zero-order valence-corrected chi connectivity index (χ0v) is 20.5. The van der Waals surface area contributed by atoms with E-state index in [-0.39, 0.29) is 47.3 Å². The van der Waals surface area contributed by atoms with E-state index in [4.69, 9.17) is 0 Å². The molecular formula is C26H29F3N4O5. The molecule has 5 atom stereocenters. The molecule has 1 aromatic carbocycles.